The molecule has 0 spiro atoms. The Kier molecular flexibility index (Phi) is 13.4. The normalized spacial score (nSPS) is 27.7. The third-order valence-corrected chi connectivity index (χ3v) is 15.1. The van der Waals surface area contributed by atoms with E-state index < -0.39 is 46.6 Å². The zero-order valence-electron chi connectivity index (χ0n) is 35.7. The maximum absolute atomic E-state index is 15.0. The van der Waals surface area contributed by atoms with Gasteiger partial charge in [-0.2, -0.15) is 0 Å². The van der Waals surface area contributed by atoms with Crippen LogP contribution in [-0.2, 0) is 19.2 Å². The fourth-order valence-electron chi connectivity index (χ4n) is 10.4. The van der Waals surface area contributed by atoms with E-state index >= 15 is 4.79 Å². The summed E-state index contributed by atoms with van der Waals surface area (Å²) in [6.07, 6.45) is 12.8. The molecule has 2 aliphatic heterocycles. The maximum Gasteiger partial charge on any atom is 0.315 e. The minimum atomic E-state index is -1.06. The van der Waals surface area contributed by atoms with Crippen LogP contribution in [0.4, 0.5) is 4.79 Å². The van der Waals surface area contributed by atoms with Gasteiger partial charge in [-0.05, 0) is 93.4 Å². The number of ketones is 1. The van der Waals surface area contributed by atoms with Crippen molar-refractivity contribution in [2.75, 3.05) is 39.8 Å². The second-order valence-electron chi connectivity index (χ2n) is 20.8. The number of nitrogens with one attached hydrogen (secondary N) is 3. The van der Waals surface area contributed by atoms with E-state index in [1.165, 1.54) is 12.8 Å². The van der Waals surface area contributed by atoms with Crippen LogP contribution >= 0.6 is 0 Å². The van der Waals surface area contributed by atoms with Gasteiger partial charge in [0.15, 0.2) is 0 Å². The molecule has 5 rings (SSSR count). The highest BCUT2D eigenvalue weighted by molar-refractivity contribution is 6.37. The van der Waals surface area contributed by atoms with Crippen LogP contribution in [0.1, 0.15) is 139 Å². The number of carbonyl (C=O) groups excluding carboxylic acids is 5. The molecule has 3 saturated carbocycles. The largest absolute Gasteiger partial charge is 0.363 e. The Morgan fingerprint density at radius 3 is 1.96 bits per heavy atom. The van der Waals surface area contributed by atoms with Gasteiger partial charge in [0.2, 0.25) is 17.6 Å². The number of carbonyl (C=O) groups is 5. The first kappa shape index (κ1) is 43.4. The molecule has 5 aliphatic rings. The molecule has 5 N–H and O–H groups in total. The van der Waals surface area contributed by atoms with Gasteiger partial charge < -0.3 is 31.5 Å². The number of urea groups is 1. The number of hydrogen-bond donors (Lipinski definition) is 4. The van der Waals surface area contributed by atoms with Gasteiger partial charge in [-0.3, -0.25) is 24.1 Å². The Balaban J connectivity index is 1.39. The van der Waals surface area contributed by atoms with Crippen LogP contribution in [0.15, 0.2) is 0 Å². The molecule has 5 fully saturated rings. The summed E-state index contributed by atoms with van der Waals surface area (Å²) < 4.78 is 0. The minimum Gasteiger partial charge on any atom is -0.363 e. The summed E-state index contributed by atoms with van der Waals surface area (Å²) in [7, 11) is 2.16. The Morgan fingerprint density at radius 1 is 0.800 bits per heavy atom. The smallest absolute Gasteiger partial charge is 0.315 e. The van der Waals surface area contributed by atoms with Crippen LogP contribution in [-0.4, -0.2) is 114 Å². The molecule has 0 radical (unpaired) electrons. The van der Waals surface area contributed by atoms with Gasteiger partial charge in [0.1, 0.15) is 12.1 Å². The topological polar surface area (TPSA) is 157 Å². The molecular weight excluding hydrogens is 695 g/mol. The summed E-state index contributed by atoms with van der Waals surface area (Å²) in [5.41, 5.74) is 4.18. The Hall–Kier alpha value is -2.73. The van der Waals surface area contributed by atoms with Crippen LogP contribution in [0, 0.1) is 34.0 Å². The van der Waals surface area contributed by atoms with E-state index in [1.807, 2.05) is 20.8 Å². The fraction of sp³-hybridized carbons (Fsp3) is 0.884. The predicted molar refractivity (Wildman–Crippen MR) is 216 cm³/mol. The zero-order chi connectivity index (χ0) is 40.5. The quantitative estimate of drug-likeness (QED) is 0.184. The molecule has 2 saturated heterocycles. The first-order valence-corrected chi connectivity index (χ1v) is 21.6. The van der Waals surface area contributed by atoms with Crippen LogP contribution in [0.5, 0.6) is 0 Å². The number of nitrogens with zero attached hydrogens (tertiary/aromatic N) is 3. The molecule has 312 valence electrons. The van der Waals surface area contributed by atoms with E-state index in [4.69, 9.17) is 5.73 Å². The van der Waals surface area contributed by atoms with E-state index in [1.54, 1.807) is 4.90 Å². The van der Waals surface area contributed by atoms with Gasteiger partial charge in [-0.15, -0.1) is 0 Å². The van der Waals surface area contributed by atoms with Gasteiger partial charge in [-0.1, -0.05) is 86.5 Å². The molecule has 0 aromatic carbocycles. The second-order valence-corrected chi connectivity index (χ2v) is 20.8. The molecule has 12 nitrogen and oxygen atoms in total. The van der Waals surface area contributed by atoms with Crippen molar-refractivity contribution in [2.24, 2.45) is 39.7 Å². The summed E-state index contributed by atoms with van der Waals surface area (Å²) >= 11 is 0. The molecule has 2 unspecified atom stereocenters. The van der Waals surface area contributed by atoms with Crippen molar-refractivity contribution in [1.29, 1.82) is 0 Å². The van der Waals surface area contributed by atoms with Crippen molar-refractivity contribution in [3.05, 3.63) is 0 Å². The fourth-order valence-corrected chi connectivity index (χ4v) is 10.4. The number of rotatable bonds is 14. The monoisotopic (exact) mass is 770 g/mol. The highest BCUT2D eigenvalue weighted by atomic mass is 16.2. The van der Waals surface area contributed by atoms with Crippen LogP contribution in [0.2, 0.25) is 0 Å². The number of hydrogen-bond acceptors (Lipinski definition) is 7. The van der Waals surface area contributed by atoms with Crippen molar-refractivity contribution in [2.45, 2.75) is 169 Å². The molecular formula is C43H75N7O5. The first-order valence-electron chi connectivity index (χ1n) is 21.6. The summed E-state index contributed by atoms with van der Waals surface area (Å²) in [6.45, 7) is 21.1. The standard InChI is InChI=1S/C43H75N7O5/c1-40(2,3)35(47-39(55)46-32(29-17-11-10-12-18-29)25-49-22-21-48(9)26-41(49,4)5)38(54)50-27-43(8,42(6,7)30-19-14-20-30)24-33(50)37(53)45-31(34(51)36(44)52)23-28-15-13-16-28/h28-33,35H,10-27H2,1-9H3,(H2,44,52)(H,45,53)(H2,46,47,55)/t31?,32-,33+,35?,43+/m1/s1. The average molecular weight is 770 g/mol. The van der Waals surface area contributed by atoms with Crippen molar-refractivity contribution in [3.8, 4) is 0 Å². The Labute approximate surface area is 331 Å². The number of likely N-dealkylation sites (tertiary alicyclic amines) is 1. The molecule has 0 aromatic rings. The number of nitrogens with two attached hydrogens (primary N) is 1. The molecule has 3 aliphatic carbocycles. The predicted octanol–water partition coefficient (Wildman–Crippen LogP) is 4.84. The lowest BCUT2D eigenvalue weighted by atomic mass is 9.54. The Morgan fingerprint density at radius 2 is 1.44 bits per heavy atom. The van der Waals surface area contributed by atoms with Crippen molar-refractivity contribution in [1.82, 2.24) is 30.7 Å². The molecule has 0 aromatic heterocycles. The van der Waals surface area contributed by atoms with E-state index in [0.717, 1.165) is 84.0 Å². The van der Waals surface area contributed by atoms with E-state index in [9.17, 15) is 19.2 Å². The number of piperazine rings is 1. The molecule has 12 heteroatoms. The van der Waals surface area contributed by atoms with Crippen molar-refractivity contribution < 1.29 is 24.0 Å². The van der Waals surface area contributed by atoms with Gasteiger partial charge in [0.25, 0.3) is 5.91 Å². The van der Waals surface area contributed by atoms with Crippen LogP contribution in [0.25, 0.3) is 0 Å². The molecule has 55 heavy (non-hydrogen) atoms. The van der Waals surface area contributed by atoms with E-state index in [-0.39, 0.29) is 34.9 Å². The van der Waals surface area contributed by atoms with Gasteiger partial charge in [0.05, 0.1) is 6.04 Å². The number of likely N-dealkylation sites (N-methyl/N-ethyl adjacent to an activating group) is 1. The maximum atomic E-state index is 15.0. The van der Waals surface area contributed by atoms with Crippen LogP contribution in [0.3, 0.4) is 0 Å². The minimum absolute atomic E-state index is 0.0355. The third kappa shape index (κ3) is 9.87. The Bertz CT molecular complexity index is 1410. The highest BCUT2D eigenvalue weighted by Crippen LogP contribution is 2.57. The van der Waals surface area contributed by atoms with Gasteiger partial charge >= 0.3 is 6.03 Å². The number of Topliss-reactive ketones (excluding diaryl/α,β-unsaturated/α-hetero) is 1. The first-order chi connectivity index (χ1) is 25.6. The zero-order valence-corrected chi connectivity index (χ0v) is 35.7. The highest BCUT2D eigenvalue weighted by Gasteiger charge is 2.57. The lowest BCUT2D eigenvalue weighted by molar-refractivity contribution is -0.143. The second kappa shape index (κ2) is 17.0. The van der Waals surface area contributed by atoms with Crippen LogP contribution < -0.4 is 21.7 Å². The lowest BCUT2D eigenvalue weighted by Gasteiger charge is -2.50. The SMILES string of the molecule is CN1CCN(C[C@@H](NC(=O)NC(C(=O)N2C[C@@](C)(C(C)(C)C3CCC3)C[C@H]2C(=O)NC(CC2CCC2)C(=O)C(N)=O)C(C)(C)C)C2CCCCC2)C(C)(C)C1. The molecule has 5 atom stereocenters. The molecule has 5 amide bonds. The molecule has 2 heterocycles. The summed E-state index contributed by atoms with van der Waals surface area (Å²) in [5, 5.41) is 9.43. The van der Waals surface area contributed by atoms with Crippen molar-refractivity contribution >= 4 is 29.5 Å². The third-order valence-electron chi connectivity index (χ3n) is 15.1. The van der Waals surface area contributed by atoms with E-state index in [2.05, 4.69) is 67.4 Å². The number of primary amides is 1. The summed E-state index contributed by atoms with van der Waals surface area (Å²) in [6, 6.07) is -3.23. The number of amides is 5. The van der Waals surface area contributed by atoms with Crippen molar-refractivity contribution in [3.63, 3.8) is 0 Å². The van der Waals surface area contributed by atoms with E-state index in [0.29, 0.717) is 31.2 Å². The van der Waals surface area contributed by atoms with Gasteiger partial charge in [0, 0.05) is 44.3 Å². The average Bonchev–Trinajstić information content (AvgIpc) is 3.43. The molecule has 0 bridgehead atoms. The lowest BCUT2D eigenvalue weighted by Crippen LogP contribution is -2.64. The summed E-state index contributed by atoms with van der Waals surface area (Å²) in [5.74, 6) is -1.53. The van der Waals surface area contributed by atoms with Gasteiger partial charge in [-0.25, -0.2) is 4.79 Å². The summed E-state index contributed by atoms with van der Waals surface area (Å²) in [4.78, 5) is 75.3.